The van der Waals surface area contributed by atoms with Crippen LogP contribution in [0.2, 0.25) is 0 Å². The first-order valence-corrected chi connectivity index (χ1v) is 11.3. The predicted octanol–water partition coefficient (Wildman–Crippen LogP) is 5.15. The first-order valence-electron chi connectivity index (χ1n) is 11.3. The fraction of sp³-hybridized carbons (Fsp3) is 0.320. The Morgan fingerprint density at radius 3 is 2.64 bits per heavy atom. The molecule has 0 saturated heterocycles. The highest BCUT2D eigenvalue weighted by Crippen LogP contribution is 2.33. The maximum atomic E-state index is 12.7. The summed E-state index contributed by atoms with van der Waals surface area (Å²) >= 11 is 0. The Kier molecular flexibility index (Phi) is 6.96. The van der Waals surface area contributed by atoms with Gasteiger partial charge in [0.15, 0.2) is 5.82 Å². The Bertz CT molecular complexity index is 1410. The first kappa shape index (κ1) is 24.8. The first-order chi connectivity index (χ1) is 17.1. The highest BCUT2D eigenvalue weighted by Gasteiger charge is 2.20. The Morgan fingerprint density at radius 2 is 1.92 bits per heavy atom. The third kappa shape index (κ3) is 6.02. The minimum absolute atomic E-state index is 0.142. The Hall–Kier alpha value is -4.33. The second kappa shape index (κ2) is 10.1. The van der Waals surface area contributed by atoms with Gasteiger partial charge in [-0.1, -0.05) is 0 Å². The van der Waals surface area contributed by atoms with Crippen LogP contribution in [0.5, 0.6) is 5.75 Å². The van der Waals surface area contributed by atoms with Crippen LogP contribution in [0.1, 0.15) is 25.4 Å². The average Bonchev–Trinajstić information content (AvgIpc) is 3.22. The number of nitrogens with one attached hydrogen (secondary N) is 2. The number of fused-ring (bicyclic) bond motifs is 1. The number of pyridine rings is 2. The van der Waals surface area contributed by atoms with Crippen molar-refractivity contribution in [2.75, 3.05) is 23.8 Å². The van der Waals surface area contributed by atoms with Gasteiger partial charge in [-0.2, -0.15) is 10.4 Å². The molecule has 0 unspecified atom stereocenters. The van der Waals surface area contributed by atoms with Crippen LogP contribution in [0.25, 0.3) is 16.6 Å². The van der Waals surface area contributed by atoms with Gasteiger partial charge in [0.25, 0.3) is 6.43 Å². The molecule has 0 saturated carbocycles. The van der Waals surface area contributed by atoms with E-state index >= 15 is 0 Å². The van der Waals surface area contributed by atoms with Gasteiger partial charge in [-0.3, -0.25) is 0 Å². The molecule has 0 fully saturated rings. The molecule has 2 N–H and O–H groups in total. The molecule has 0 aliphatic rings. The number of ether oxygens (including phenoxy) is 1. The summed E-state index contributed by atoms with van der Waals surface area (Å²) in [7, 11) is 0. The standard InChI is InChI=1S/C25H26F2N8O/c1-15-7-23(32-16(2)31-15)33-24-9-18-8-17(5-6-35(18)34-24)19-10-22(30-12-21(26)27)29-11-20(19)36-14-25(3,4)13-28/h5-11,21H,12,14H2,1-4H3,(H,29,30)(H,31,32,33,34). The van der Waals surface area contributed by atoms with Gasteiger partial charge in [0, 0.05) is 29.6 Å². The predicted molar refractivity (Wildman–Crippen MR) is 133 cm³/mol. The maximum absolute atomic E-state index is 12.7. The third-order valence-corrected chi connectivity index (χ3v) is 5.19. The maximum Gasteiger partial charge on any atom is 0.255 e. The van der Waals surface area contributed by atoms with E-state index in [2.05, 4.69) is 36.8 Å². The molecule has 0 bridgehead atoms. The van der Waals surface area contributed by atoms with E-state index in [-0.39, 0.29) is 6.61 Å². The number of aryl methyl sites for hydroxylation is 2. The third-order valence-electron chi connectivity index (χ3n) is 5.19. The van der Waals surface area contributed by atoms with E-state index in [1.807, 2.05) is 38.1 Å². The lowest BCUT2D eigenvalue weighted by molar-refractivity contribution is 0.163. The zero-order chi connectivity index (χ0) is 25.9. The van der Waals surface area contributed by atoms with Gasteiger partial charge in [0.05, 0.1) is 29.7 Å². The van der Waals surface area contributed by atoms with Crippen LogP contribution in [-0.2, 0) is 0 Å². The molecule has 9 nitrogen and oxygen atoms in total. The van der Waals surface area contributed by atoms with Crippen LogP contribution in [0.4, 0.5) is 26.2 Å². The fourth-order valence-corrected chi connectivity index (χ4v) is 3.49. The van der Waals surface area contributed by atoms with Gasteiger partial charge in [0.1, 0.15) is 29.8 Å². The molecule has 0 aliphatic heterocycles. The number of nitrogens with zero attached hydrogens (tertiary/aromatic N) is 6. The van der Waals surface area contributed by atoms with Crippen molar-refractivity contribution >= 4 is 23.0 Å². The molecule has 0 amide bonds. The van der Waals surface area contributed by atoms with Gasteiger partial charge >= 0.3 is 0 Å². The van der Waals surface area contributed by atoms with Crippen LogP contribution < -0.4 is 15.4 Å². The monoisotopic (exact) mass is 492 g/mol. The topological polar surface area (TPSA) is 113 Å². The molecule has 11 heteroatoms. The molecule has 0 aliphatic carbocycles. The summed E-state index contributed by atoms with van der Waals surface area (Å²) in [5.41, 5.74) is 2.35. The van der Waals surface area contributed by atoms with Crippen molar-refractivity contribution in [2.45, 2.75) is 34.1 Å². The van der Waals surface area contributed by atoms with Crippen molar-refractivity contribution in [1.82, 2.24) is 24.6 Å². The molecule has 0 spiro atoms. The lowest BCUT2D eigenvalue weighted by atomic mass is 9.97. The number of aromatic nitrogens is 5. The Morgan fingerprint density at radius 1 is 1.11 bits per heavy atom. The van der Waals surface area contributed by atoms with Crippen LogP contribution in [0.15, 0.2) is 42.7 Å². The van der Waals surface area contributed by atoms with Gasteiger partial charge in [0.2, 0.25) is 0 Å². The number of hydrogen-bond donors (Lipinski definition) is 2. The van der Waals surface area contributed by atoms with Gasteiger partial charge in [-0.05, 0) is 51.5 Å². The largest absolute Gasteiger partial charge is 0.490 e. The molecule has 4 heterocycles. The SMILES string of the molecule is Cc1cc(Nc2cc3cc(-c4cc(NCC(F)F)ncc4OCC(C)(C)C#N)ccn3n2)nc(C)n1. The summed E-state index contributed by atoms with van der Waals surface area (Å²) in [5, 5.41) is 19.7. The summed E-state index contributed by atoms with van der Waals surface area (Å²) in [5.74, 6) is 2.64. The molecular weight excluding hydrogens is 466 g/mol. The van der Waals surface area contributed by atoms with Crippen LogP contribution in [0, 0.1) is 30.6 Å². The zero-order valence-electron chi connectivity index (χ0n) is 20.4. The smallest absolute Gasteiger partial charge is 0.255 e. The van der Waals surface area contributed by atoms with Crippen LogP contribution in [-0.4, -0.2) is 44.1 Å². The fourth-order valence-electron chi connectivity index (χ4n) is 3.49. The van der Waals surface area contributed by atoms with Crippen molar-refractivity contribution in [3.63, 3.8) is 0 Å². The van der Waals surface area contributed by atoms with E-state index in [0.29, 0.717) is 34.6 Å². The summed E-state index contributed by atoms with van der Waals surface area (Å²) in [6, 6.07) is 11.3. The summed E-state index contributed by atoms with van der Waals surface area (Å²) in [6.45, 7) is 6.88. The summed E-state index contributed by atoms with van der Waals surface area (Å²) in [6.07, 6.45) is 0.755. The average molecular weight is 493 g/mol. The number of alkyl halides is 2. The van der Waals surface area contributed by atoms with Gasteiger partial charge in [-0.25, -0.2) is 28.2 Å². The molecule has 4 aromatic rings. The second-order valence-electron chi connectivity index (χ2n) is 9.00. The molecule has 0 aromatic carbocycles. The van der Waals surface area contributed by atoms with Gasteiger partial charge < -0.3 is 15.4 Å². The van der Waals surface area contributed by atoms with Crippen molar-refractivity contribution in [3.8, 4) is 22.9 Å². The summed E-state index contributed by atoms with van der Waals surface area (Å²) in [4.78, 5) is 12.9. The highest BCUT2D eigenvalue weighted by molar-refractivity contribution is 5.76. The molecule has 186 valence electrons. The van der Waals surface area contributed by atoms with Crippen molar-refractivity contribution in [3.05, 3.63) is 54.2 Å². The number of rotatable bonds is 9. The Labute approximate surface area is 207 Å². The molecular formula is C25H26F2N8O. The van der Waals surface area contributed by atoms with Gasteiger partial charge in [-0.15, -0.1) is 0 Å². The van der Waals surface area contributed by atoms with E-state index in [9.17, 15) is 14.0 Å². The summed E-state index contributed by atoms with van der Waals surface area (Å²) < 4.78 is 33.1. The molecule has 0 atom stereocenters. The number of hydrogen-bond acceptors (Lipinski definition) is 8. The van der Waals surface area contributed by atoms with Crippen LogP contribution in [0.3, 0.4) is 0 Å². The van der Waals surface area contributed by atoms with E-state index in [1.165, 1.54) is 6.20 Å². The second-order valence-corrected chi connectivity index (χ2v) is 9.00. The normalized spacial score (nSPS) is 11.5. The van der Waals surface area contributed by atoms with E-state index < -0.39 is 18.4 Å². The molecule has 36 heavy (non-hydrogen) atoms. The molecule has 0 radical (unpaired) electrons. The quantitative estimate of drug-likeness (QED) is 0.330. The van der Waals surface area contributed by atoms with Crippen molar-refractivity contribution < 1.29 is 13.5 Å². The van der Waals surface area contributed by atoms with E-state index in [1.54, 1.807) is 30.6 Å². The van der Waals surface area contributed by atoms with Crippen molar-refractivity contribution in [2.24, 2.45) is 5.41 Å². The number of anilines is 3. The highest BCUT2D eigenvalue weighted by atomic mass is 19.3. The minimum atomic E-state index is -2.51. The lowest BCUT2D eigenvalue weighted by Crippen LogP contribution is -2.19. The number of nitriles is 1. The Balaban J connectivity index is 1.67. The molecule has 4 aromatic heterocycles. The van der Waals surface area contributed by atoms with E-state index in [0.717, 1.165) is 16.8 Å². The molecule has 4 rings (SSSR count). The van der Waals surface area contributed by atoms with Crippen molar-refractivity contribution in [1.29, 1.82) is 5.26 Å². The lowest BCUT2D eigenvalue weighted by Gasteiger charge is -2.19. The zero-order valence-corrected chi connectivity index (χ0v) is 20.4. The number of halogens is 2. The van der Waals surface area contributed by atoms with E-state index in [4.69, 9.17) is 4.74 Å². The van der Waals surface area contributed by atoms with Crippen LogP contribution >= 0.6 is 0 Å². The minimum Gasteiger partial charge on any atom is -0.490 e.